The molecule has 2 aliphatic heterocycles. The van der Waals surface area contributed by atoms with Crippen LogP contribution in [0.5, 0.6) is 0 Å². The zero-order valence-corrected chi connectivity index (χ0v) is 17.9. The van der Waals surface area contributed by atoms with Crippen LogP contribution in [0, 0.1) is 18.6 Å². The lowest BCUT2D eigenvalue weighted by atomic mass is 10.2. The predicted octanol–water partition coefficient (Wildman–Crippen LogP) is 1.51. The van der Waals surface area contributed by atoms with Crippen molar-refractivity contribution >= 4 is 23.5 Å². The van der Waals surface area contributed by atoms with Gasteiger partial charge in [-0.15, -0.1) is 0 Å². The number of aryl methyl sites for hydroxylation is 1. The van der Waals surface area contributed by atoms with Crippen LogP contribution in [0.2, 0.25) is 0 Å². The quantitative estimate of drug-likeness (QED) is 0.679. The van der Waals surface area contributed by atoms with E-state index in [1.165, 1.54) is 4.90 Å². The highest BCUT2D eigenvalue weighted by Crippen LogP contribution is 2.31. The number of carbonyl (C=O) groups is 2. The van der Waals surface area contributed by atoms with Crippen LogP contribution in [0.25, 0.3) is 0 Å². The number of nitrogens with zero attached hydrogens (tertiary/aromatic N) is 4. The number of cyclic esters (lactones) is 1. The largest absolute Gasteiger partial charge is 0.443 e. The normalized spacial score (nSPS) is 19.0. The number of nitrogens with two attached hydrogens (primary N) is 1. The number of halogens is 2. The first kappa shape index (κ1) is 22.7. The van der Waals surface area contributed by atoms with E-state index in [0.29, 0.717) is 11.5 Å². The van der Waals surface area contributed by atoms with Crippen LogP contribution in [0.4, 0.5) is 29.7 Å². The molecular weight excluding hydrogens is 442 g/mol. The molecule has 1 atom stereocenters. The Morgan fingerprint density at radius 2 is 2.00 bits per heavy atom. The van der Waals surface area contributed by atoms with Gasteiger partial charge in [-0.3, -0.25) is 9.74 Å². The third-order valence-corrected chi connectivity index (χ3v) is 5.27. The van der Waals surface area contributed by atoms with Gasteiger partial charge in [0, 0.05) is 37.8 Å². The van der Waals surface area contributed by atoms with Gasteiger partial charge in [-0.25, -0.2) is 23.4 Å². The number of rotatable bonds is 5. The molecule has 2 saturated heterocycles. The second-order valence-electron chi connectivity index (χ2n) is 7.62. The molecular formula is C20H24F2N6O5. The lowest BCUT2D eigenvalue weighted by Gasteiger charge is -2.24. The maximum atomic E-state index is 14.9. The second kappa shape index (κ2) is 9.58. The summed E-state index contributed by atoms with van der Waals surface area (Å²) in [5.41, 5.74) is 5.85. The molecule has 2 aliphatic rings. The van der Waals surface area contributed by atoms with E-state index in [2.05, 4.69) is 10.5 Å². The van der Waals surface area contributed by atoms with Crippen molar-refractivity contribution in [3.05, 3.63) is 41.3 Å². The van der Waals surface area contributed by atoms with Crippen molar-refractivity contribution in [2.45, 2.75) is 19.6 Å². The maximum Gasteiger partial charge on any atom is 0.414 e. The minimum atomic E-state index is -0.840. The molecule has 33 heavy (non-hydrogen) atoms. The summed E-state index contributed by atoms with van der Waals surface area (Å²) in [7, 11) is 0. The number of urea groups is 1. The van der Waals surface area contributed by atoms with Gasteiger partial charge in [0.15, 0.2) is 11.6 Å². The summed E-state index contributed by atoms with van der Waals surface area (Å²) >= 11 is 0. The average molecular weight is 466 g/mol. The highest BCUT2D eigenvalue weighted by Gasteiger charge is 2.33. The van der Waals surface area contributed by atoms with Crippen LogP contribution >= 0.6 is 0 Å². The van der Waals surface area contributed by atoms with Crippen LogP contribution < -0.4 is 20.9 Å². The Morgan fingerprint density at radius 1 is 1.24 bits per heavy atom. The summed E-state index contributed by atoms with van der Waals surface area (Å²) < 4.78 is 39.8. The lowest BCUT2D eigenvalue weighted by molar-refractivity contribution is -0.104. The lowest BCUT2D eigenvalue weighted by Crippen LogP contribution is -2.41. The minimum absolute atomic E-state index is 0.0355. The first-order valence-electron chi connectivity index (χ1n) is 10.4. The van der Waals surface area contributed by atoms with Gasteiger partial charge in [0.1, 0.15) is 23.2 Å². The predicted molar refractivity (Wildman–Crippen MR) is 111 cm³/mol. The molecule has 1 aromatic carbocycles. The Balaban J connectivity index is 1.40. The summed E-state index contributed by atoms with van der Waals surface area (Å²) in [5.74, 6) is -1.06. The van der Waals surface area contributed by atoms with E-state index in [1.54, 1.807) is 13.0 Å². The summed E-state index contributed by atoms with van der Waals surface area (Å²) in [6.07, 6.45) is -1.24. The molecule has 3 amide bonds. The van der Waals surface area contributed by atoms with Gasteiger partial charge in [0.25, 0.3) is 0 Å². The Hall–Kier alpha value is -3.45. The fourth-order valence-electron chi connectivity index (χ4n) is 3.65. The molecule has 0 saturated carbocycles. The molecule has 0 bridgehead atoms. The van der Waals surface area contributed by atoms with Gasteiger partial charge in [-0.2, -0.15) is 0 Å². The number of amides is 3. The molecule has 1 aromatic heterocycles. The molecule has 4 rings (SSSR count). The Morgan fingerprint density at radius 3 is 2.64 bits per heavy atom. The number of ether oxygens (including phenoxy) is 1. The number of anilines is 2. The van der Waals surface area contributed by atoms with Gasteiger partial charge in [0.2, 0.25) is 0 Å². The van der Waals surface area contributed by atoms with Crippen molar-refractivity contribution in [2.24, 2.45) is 5.73 Å². The molecule has 0 unspecified atom stereocenters. The monoisotopic (exact) mass is 466 g/mol. The third-order valence-electron chi connectivity index (χ3n) is 5.27. The summed E-state index contributed by atoms with van der Waals surface area (Å²) in [6, 6.07) is 3.35. The Bertz CT molecular complexity index is 1010. The van der Waals surface area contributed by atoms with Gasteiger partial charge >= 0.3 is 12.1 Å². The van der Waals surface area contributed by atoms with Crippen LogP contribution in [0.15, 0.2) is 22.7 Å². The first-order valence-corrected chi connectivity index (χ1v) is 10.4. The van der Waals surface area contributed by atoms with E-state index in [1.807, 2.05) is 0 Å². The third kappa shape index (κ3) is 4.98. The van der Waals surface area contributed by atoms with E-state index in [4.69, 9.17) is 19.8 Å². The first-order chi connectivity index (χ1) is 15.9. The number of benzene rings is 1. The molecule has 2 fully saturated rings. The van der Waals surface area contributed by atoms with E-state index in [0.717, 1.165) is 22.1 Å². The fourth-order valence-corrected chi connectivity index (χ4v) is 3.65. The zero-order valence-electron chi connectivity index (χ0n) is 17.9. The van der Waals surface area contributed by atoms with Crippen molar-refractivity contribution in [1.29, 1.82) is 0 Å². The number of hydrogen-bond acceptors (Lipinski definition) is 8. The van der Waals surface area contributed by atoms with E-state index in [-0.39, 0.29) is 57.3 Å². The molecule has 0 spiro atoms. The Kier molecular flexibility index (Phi) is 6.60. The minimum Gasteiger partial charge on any atom is -0.443 e. The van der Waals surface area contributed by atoms with E-state index < -0.39 is 29.9 Å². The van der Waals surface area contributed by atoms with Gasteiger partial charge in [0.05, 0.1) is 31.9 Å². The summed E-state index contributed by atoms with van der Waals surface area (Å²) in [4.78, 5) is 32.4. The standard InChI is InChI=1S/C20H24F2N6O5/c1-12-6-13(25-33-12)10-24-19(29)28-3-2-26(4-5-31-28)18-16(21)7-14(8-17(18)22)27-11-15(9-23)32-20(27)30/h6-8,15H,2-5,9-11,23H2,1H3,(H,24,29)/t15-/m0/s1. The molecule has 0 radical (unpaired) electrons. The molecule has 0 aliphatic carbocycles. The van der Waals surface area contributed by atoms with Crippen molar-refractivity contribution in [2.75, 3.05) is 49.1 Å². The van der Waals surface area contributed by atoms with Crippen molar-refractivity contribution < 1.29 is 32.5 Å². The van der Waals surface area contributed by atoms with Crippen molar-refractivity contribution in [1.82, 2.24) is 15.5 Å². The smallest absolute Gasteiger partial charge is 0.414 e. The van der Waals surface area contributed by atoms with E-state index >= 15 is 0 Å². The topological polar surface area (TPSA) is 126 Å². The van der Waals surface area contributed by atoms with Crippen molar-refractivity contribution in [3.63, 3.8) is 0 Å². The molecule has 178 valence electrons. The number of carbonyl (C=O) groups excluding carboxylic acids is 2. The second-order valence-corrected chi connectivity index (χ2v) is 7.62. The van der Waals surface area contributed by atoms with Crippen LogP contribution in [0.3, 0.4) is 0 Å². The van der Waals surface area contributed by atoms with E-state index in [9.17, 15) is 18.4 Å². The summed E-state index contributed by atoms with van der Waals surface area (Å²) in [6.45, 7) is 2.50. The maximum absolute atomic E-state index is 14.9. The highest BCUT2D eigenvalue weighted by molar-refractivity contribution is 5.90. The molecule has 2 aromatic rings. The van der Waals surface area contributed by atoms with Gasteiger partial charge in [-0.05, 0) is 6.92 Å². The van der Waals surface area contributed by atoms with Crippen LogP contribution in [-0.4, -0.2) is 67.8 Å². The van der Waals surface area contributed by atoms with Gasteiger partial charge < -0.3 is 25.2 Å². The molecule has 3 heterocycles. The van der Waals surface area contributed by atoms with Gasteiger partial charge in [-0.1, -0.05) is 5.16 Å². The molecule has 11 nitrogen and oxygen atoms in total. The molecule has 3 N–H and O–H groups in total. The van der Waals surface area contributed by atoms with Crippen molar-refractivity contribution in [3.8, 4) is 0 Å². The summed E-state index contributed by atoms with van der Waals surface area (Å²) in [5, 5.41) is 7.55. The number of hydroxylamine groups is 2. The Labute approximate surface area is 187 Å². The van der Waals surface area contributed by atoms with Crippen LogP contribution in [0.1, 0.15) is 11.5 Å². The highest BCUT2D eigenvalue weighted by atomic mass is 19.1. The SMILES string of the molecule is Cc1cc(CNC(=O)N2CCN(c3c(F)cc(N4C[C@H](CN)OC4=O)cc3F)CCO2)no1. The molecule has 13 heteroatoms. The zero-order chi connectivity index (χ0) is 23.5. The number of nitrogens with one attached hydrogen (secondary N) is 1. The number of aromatic nitrogens is 1. The van der Waals surface area contributed by atoms with Crippen LogP contribution in [-0.2, 0) is 16.1 Å². The fraction of sp³-hybridized carbons (Fsp3) is 0.450. The number of hydrogen-bond donors (Lipinski definition) is 2. The average Bonchev–Trinajstić information content (AvgIpc) is 3.28.